The van der Waals surface area contributed by atoms with Crippen molar-refractivity contribution in [1.82, 2.24) is 15.0 Å². The predicted octanol–water partition coefficient (Wildman–Crippen LogP) is 5.01. The number of aromatic nitrogens is 3. The molecule has 134 valence electrons. The van der Waals surface area contributed by atoms with Gasteiger partial charge in [-0.2, -0.15) is 0 Å². The summed E-state index contributed by atoms with van der Waals surface area (Å²) >= 11 is 3.05. The van der Waals surface area contributed by atoms with Gasteiger partial charge in [-0.25, -0.2) is 19.4 Å². The Morgan fingerprint density at radius 1 is 1.22 bits per heavy atom. The Hall–Kier alpha value is -2.84. The highest BCUT2D eigenvalue weighted by atomic mass is 32.1. The van der Waals surface area contributed by atoms with Gasteiger partial charge in [-0.15, -0.1) is 22.7 Å². The summed E-state index contributed by atoms with van der Waals surface area (Å²) in [5.74, 6) is 0.115. The van der Waals surface area contributed by atoms with E-state index in [0.29, 0.717) is 22.1 Å². The molecule has 4 aromatic heterocycles. The average Bonchev–Trinajstić information content (AvgIpc) is 3.29. The highest BCUT2D eigenvalue weighted by Crippen LogP contribution is 2.37. The molecule has 4 rings (SSSR count). The number of rotatable bonds is 3. The zero-order valence-corrected chi connectivity index (χ0v) is 16.2. The van der Waals surface area contributed by atoms with Crippen LogP contribution < -0.4 is 0 Å². The summed E-state index contributed by atoms with van der Waals surface area (Å²) < 4.78 is 14.5. The summed E-state index contributed by atoms with van der Waals surface area (Å²) in [6, 6.07) is 5.50. The van der Waals surface area contributed by atoms with Crippen molar-refractivity contribution in [3.05, 3.63) is 53.2 Å². The number of aryl methyl sites for hydroxylation is 1. The van der Waals surface area contributed by atoms with Gasteiger partial charge in [-0.3, -0.25) is 9.98 Å². The van der Waals surface area contributed by atoms with Crippen LogP contribution >= 0.6 is 22.7 Å². The van der Waals surface area contributed by atoms with Crippen LogP contribution in [0.4, 0.5) is 4.39 Å². The third-order valence-electron chi connectivity index (χ3n) is 3.99. The minimum Gasteiger partial charge on any atom is -0.268 e. The zero-order chi connectivity index (χ0) is 19.0. The van der Waals surface area contributed by atoms with E-state index in [1.54, 1.807) is 24.6 Å². The minimum absolute atomic E-state index is 0.386. The Labute approximate surface area is 163 Å². The van der Waals surface area contributed by atoms with Crippen LogP contribution in [0.2, 0.25) is 0 Å². The number of nitrogens with zero attached hydrogens (tertiary/aromatic N) is 5. The largest absolute Gasteiger partial charge is 0.268 e. The minimum atomic E-state index is -0.386. The van der Waals surface area contributed by atoms with E-state index in [1.807, 2.05) is 24.4 Å². The lowest BCUT2D eigenvalue weighted by molar-refractivity contribution is 0.622. The van der Waals surface area contributed by atoms with Crippen molar-refractivity contribution < 1.29 is 4.39 Å². The topological polar surface area (TPSA) is 63.4 Å². The van der Waals surface area contributed by atoms with Gasteiger partial charge in [0.25, 0.3) is 0 Å². The smallest absolute Gasteiger partial charge is 0.174 e. The fourth-order valence-electron chi connectivity index (χ4n) is 2.78. The first-order chi connectivity index (χ1) is 13.1. The van der Waals surface area contributed by atoms with E-state index in [1.165, 1.54) is 23.6 Å². The lowest BCUT2D eigenvalue weighted by Gasteiger charge is -2.05. The molecule has 5 nitrogen and oxygen atoms in total. The second kappa shape index (κ2) is 7.05. The zero-order valence-electron chi connectivity index (χ0n) is 14.6. The summed E-state index contributed by atoms with van der Waals surface area (Å²) in [5, 5.41) is 3.78. The molecule has 0 unspecified atom stereocenters. The normalized spacial score (nSPS) is 11.9. The van der Waals surface area contributed by atoms with Gasteiger partial charge in [0.05, 0.1) is 27.2 Å². The number of aliphatic imine (C=N–C) groups is 2. The maximum atomic E-state index is 13.5. The van der Waals surface area contributed by atoms with E-state index in [9.17, 15) is 4.39 Å². The number of amidine groups is 1. The molecule has 27 heavy (non-hydrogen) atoms. The lowest BCUT2D eigenvalue weighted by atomic mass is 10.2. The molecular formula is C19H14FN5S2. The van der Waals surface area contributed by atoms with E-state index in [4.69, 9.17) is 4.98 Å². The Morgan fingerprint density at radius 2 is 2.07 bits per heavy atom. The first-order valence-electron chi connectivity index (χ1n) is 8.01. The highest BCUT2D eigenvalue weighted by Gasteiger charge is 2.17. The van der Waals surface area contributed by atoms with E-state index < -0.39 is 0 Å². The van der Waals surface area contributed by atoms with Crippen molar-refractivity contribution in [2.45, 2.75) is 6.92 Å². The number of fused-ring (bicyclic) bond motifs is 1. The lowest BCUT2D eigenvalue weighted by Crippen LogP contribution is -2.01. The molecule has 8 heteroatoms. The molecule has 0 saturated carbocycles. The van der Waals surface area contributed by atoms with Crippen molar-refractivity contribution in [3.8, 4) is 21.1 Å². The molecule has 4 heterocycles. The second-order valence-corrected chi connectivity index (χ2v) is 7.64. The molecule has 0 saturated heterocycles. The average molecular weight is 395 g/mol. The first kappa shape index (κ1) is 17.6. The Balaban J connectivity index is 1.89. The van der Waals surface area contributed by atoms with E-state index >= 15 is 0 Å². The Bertz CT molecular complexity index is 1190. The Kier molecular flexibility index (Phi) is 4.59. The molecule has 0 N–H and O–H groups in total. The van der Waals surface area contributed by atoms with Gasteiger partial charge in [0.15, 0.2) is 5.84 Å². The molecule has 0 aliphatic heterocycles. The van der Waals surface area contributed by atoms with Crippen LogP contribution in [0.15, 0.2) is 46.0 Å². The number of hydrogen-bond donors (Lipinski definition) is 0. The van der Waals surface area contributed by atoms with Crippen molar-refractivity contribution in [2.75, 3.05) is 7.05 Å². The molecule has 0 radical (unpaired) electrons. The van der Waals surface area contributed by atoms with Crippen LogP contribution in [-0.4, -0.2) is 34.6 Å². The van der Waals surface area contributed by atoms with Crippen molar-refractivity contribution >= 4 is 45.3 Å². The van der Waals surface area contributed by atoms with E-state index in [2.05, 4.69) is 26.7 Å². The predicted molar refractivity (Wildman–Crippen MR) is 111 cm³/mol. The monoisotopic (exact) mass is 395 g/mol. The van der Waals surface area contributed by atoms with E-state index in [-0.39, 0.29) is 5.82 Å². The van der Waals surface area contributed by atoms with Crippen LogP contribution in [0.25, 0.3) is 31.2 Å². The van der Waals surface area contributed by atoms with Gasteiger partial charge in [-0.05, 0) is 42.6 Å². The van der Waals surface area contributed by atoms with Gasteiger partial charge >= 0.3 is 0 Å². The quantitative estimate of drug-likeness (QED) is 0.362. The molecule has 0 aliphatic rings. The maximum Gasteiger partial charge on any atom is 0.174 e. The maximum absolute atomic E-state index is 13.5. The summed E-state index contributed by atoms with van der Waals surface area (Å²) in [6.07, 6.45) is 2.78. The summed E-state index contributed by atoms with van der Waals surface area (Å²) in [7, 11) is 1.67. The van der Waals surface area contributed by atoms with Gasteiger partial charge in [0, 0.05) is 18.8 Å². The van der Waals surface area contributed by atoms with Crippen molar-refractivity contribution in [1.29, 1.82) is 0 Å². The summed E-state index contributed by atoms with van der Waals surface area (Å²) in [4.78, 5) is 22.4. The van der Waals surface area contributed by atoms with Crippen molar-refractivity contribution in [2.24, 2.45) is 9.98 Å². The Morgan fingerprint density at radius 3 is 2.81 bits per heavy atom. The molecule has 0 aliphatic carbocycles. The molecule has 0 fully saturated rings. The molecule has 0 bridgehead atoms. The fraction of sp³-hybridized carbons (Fsp3) is 0.105. The number of thiophene rings is 1. The van der Waals surface area contributed by atoms with Gasteiger partial charge in [-0.1, -0.05) is 0 Å². The SMILES string of the molecule is C=NC(=NC)c1nc(-c2sc(-c3cncc(F)c3)nc2C)cc2ccsc12. The van der Waals surface area contributed by atoms with Gasteiger partial charge < -0.3 is 0 Å². The second-order valence-electron chi connectivity index (χ2n) is 5.73. The molecule has 0 spiro atoms. The fourth-order valence-corrected chi connectivity index (χ4v) is 4.65. The first-order valence-corrected chi connectivity index (χ1v) is 9.71. The molecule has 0 amide bonds. The number of halogens is 1. The number of thiazole rings is 1. The summed E-state index contributed by atoms with van der Waals surface area (Å²) in [5.41, 5.74) is 2.96. The van der Waals surface area contributed by atoms with E-state index in [0.717, 1.165) is 26.4 Å². The number of pyridine rings is 2. The molecule has 0 atom stereocenters. The van der Waals surface area contributed by atoms with Crippen LogP contribution in [0.1, 0.15) is 11.4 Å². The van der Waals surface area contributed by atoms with Crippen LogP contribution in [0.5, 0.6) is 0 Å². The van der Waals surface area contributed by atoms with Gasteiger partial charge in [0.1, 0.15) is 16.5 Å². The molecular weight excluding hydrogens is 381 g/mol. The molecule has 0 aromatic carbocycles. The highest BCUT2D eigenvalue weighted by molar-refractivity contribution is 7.18. The third kappa shape index (κ3) is 3.17. The molecule has 4 aromatic rings. The van der Waals surface area contributed by atoms with Crippen LogP contribution in [0, 0.1) is 12.7 Å². The van der Waals surface area contributed by atoms with Crippen molar-refractivity contribution in [3.63, 3.8) is 0 Å². The third-order valence-corrected chi connectivity index (χ3v) is 6.16. The number of hydrogen-bond acceptors (Lipinski definition) is 6. The van der Waals surface area contributed by atoms with Crippen LogP contribution in [-0.2, 0) is 0 Å². The van der Waals surface area contributed by atoms with Crippen LogP contribution in [0.3, 0.4) is 0 Å². The standard InChI is InChI=1S/C19H14FN5S2/c1-10-16(27-19(24-10)12-6-13(20)9-23-8-12)14-7-11-4-5-26-17(11)15(25-14)18(21-2)22-3/h4-9H,2H2,1,3H3. The van der Waals surface area contributed by atoms with Gasteiger partial charge in [0.2, 0.25) is 0 Å². The summed E-state index contributed by atoms with van der Waals surface area (Å²) in [6.45, 7) is 5.52.